The maximum Gasteiger partial charge on any atom is 0.283 e. The average Bonchev–Trinajstić information content (AvgIpc) is 3.08. The second kappa shape index (κ2) is 6.68. The molecule has 0 aliphatic heterocycles. The summed E-state index contributed by atoms with van der Waals surface area (Å²) < 4.78 is 53.4. The third-order valence-corrected chi connectivity index (χ3v) is 4.97. The summed E-state index contributed by atoms with van der Waals surface area (Å²) in [4.78, 5) is 11.4. The fourth-order valence-corrected chi connectivity index (χ4v) is 3.38. The number of hydrogen-bond donors (Lipinski definition) is 2. The molecule has 0 aliphatic carbocycles. The van der Waals surface area contributed by atoms with Crippen LogP contribution in [0.5, 0.6) is 0 Å². The number of hydrogen-bond acceptors (Lipinski definition) is 4. The lowest BCUT2D eigenvalue weighted by Gasteiger charge is -2.08. The topological polar surface area (TPSA) is 91.9 Å². The van der Waals surface area contributed by atoms with Crippen molar-refractivity contribution in [2.75, 3.05) is 0 Å². The molecule has 1 amide bonds. The predicted molar refractivity (Wildman–Crippen MR) is 89.8 cm³/mol. The Hall–Kier alpha value is -3.07. The molecule has 3 rings (SSSR count). The number of aromatic amines is 1. The van der Waals surface area contributed by atoms with Gasteiger partial charge in [-0.3, -0.25) is 9.89 Å². The van der Waals surface area contributed by atoms with Crippen molar-refractivity contribution in [3.63, 3.8) is 0 Å². The van der Waals surface area contributed by atoms with E-state index < -0.39 is 32.5 Å². The van der Waals surface area contributed by atoms with Gasteiger partial charge in [-0.25, -0.2) is 21.9 Å². The van der Waals surface area contributed by atoms with E-state index in [0.717, 1.165) is 11.6 Å². The number of benzene rings is 2. The minimum Gasteiger partial charge on any atom is -0.272 e. The van der Waals surface area contributed by atoms with Gasteiger partial charge in [0.15, 0.2) is 0 Å². The van der Waals surface area contributed by atoms with Crippen LogP contribution in [-0.4, -0.2) is 24.5 Å². The molecule has 6 nitrogen and oxygen atoms in total. The molecule has 0 spiro atoms. The Kier molecular flexibility index (Phi) is 4.56. The molecule has 0 saturated carbocycles. The maximum atomic E-state index is 13.8. The number of aromatic nitrogens is 2. The molecule has 0 unspecified atom stereocenters. The van der Waals surface area contributed by atoms with Crippen LogP contribution >= 0.6 is 0 Å². The molecule has 0 bridgehead atoms. The first kappa shape index (κ1) is 17.7. The van der Waals surface area contributed by atoms with E-state index in [4.69, 9.17) is 0 Å². The van der Waals surface area contributed by atoms with E-state index in [0.29, 0.717) is 11.8 Å². The highest BCUT2D eigenvalue weighted by Crippen LogP contribution is 2.20. The summed E-state index contributed by atoms with van der Waals surface area (Å²) in [5, 5.41) is 6.38. The summed E-state index contributed by atoms with van der Waals surface area (Å²) in [5.74, 6) is -3.18. The smallest absolute Gasteiger partial charge is 0.272 e. The van der Waals surface area contributed by atoms with E-state index in [1.54, 1.807) is 29.0 Å². The molecule has 9 heteroatoms. The van der Waals surface area contributed by atoms with E-state index in [2.05, 4.69) is 10.2 Å². The van der Waals surface area contributed by atoms with E-state index in [-0.39, 0.29) is 11.3 Å². The van der Waals surface area contributed by atoms with Gasteiger partial charge in [-0.05, 0) is 24.6 Å². The number of halogens is 2. The van der Waals surface area contributed by atoms with Crippen molar-refractivity contribution in [1.29, 1.82) is 0 Å². The second-order valence-corrected chi connectivity index (χ2v) is 7.15. The fraction of sp³-hybridized carbons (Fsp3) is 0.0588. The lowest BCUT2D eigenvalue weighted by molar-refractivity contribution is 0.0976. The predicted octanol–water partition coefficient (Wildman–Crippen LogP) is 2.78. The molecule has 134 valence electrons. The van der Waals surface area contributed by atoms with E-state index in [9.17, 15) is 22.0 Å². The van der Waals surface area contributed by atoms with Gasteiger partial charge in [0.2, 0.25) is 0 Å². The summed E-state index contributed by atoms with van der Waals surface area (Å²) in [7, 11) is -4.52. The second-order valence-electron chi connectivity index (χ2n) is 5.50. The zero-order chi connectivity index (χ0) is 18.9. The van der Waals surface area contributed by atoms with Crippen molar-refractivity contribution in [1.82, 2.24) is 14.9 Å². The minimum atomic E-state index is -4.52. The van der Waals surface area contributed by atoms with Gasteiger partial charge in [0.1, 0.15) is 22.2 Å². The third-order valence-electron chi connectivity index (χ3n) is 3.62. The van der Waals surface area contributed by atoms with E-state index in [1.165, 1.54) is 13.0 Å². The van der Waals surface area contributed by atoms with Crippen LogP contribution in [0.2, 0.25) is 0 Å². The SMILES string of the molecule is Cc1cc(S(=O)(=O)NC(=O)c2cc(-c3ccccc3)n[nH]2)c(F)cc1F. The van der Waals surface area contributed by atoms with Gasteiger partial charge in [-0.2, -0.15) is 5.10 Å². The van der Waals surface area contributed by atoms with Gasteiger partial charge in [0.05, 0.1) is 5.69 Å². The number of carbonyl (C=O) groups is 1. The summed E-state index contributed by atoms with van der Waals surface area (Å²) in [6, 6.07) is 11.6. The Labute approximate surface area is 147 Å². The van der Waals surface area contributed by atoms with E-state index in [1.807, 2.05) is 6.07 Å². The van der Waals surface area contributed by atoms with Crippen LogP contribution in [0.25, 0.3) is 11.3 Å². The molecule has 0 fully saturated rings. The number of sulfonamides is 1. The van der Waals surface area contributed by atoms with E-state index >= 15 is 0 Å². The van der Waals surface area contributed by atoms with Gasteiger partial charge in [0, 0.05) is 11.6 Å². The van der Waals surface area contributed by atoms with Gasteiger partial charge < -0.3 is 0 Å². The Morgan fingerprint density at radius 3 is 2.46 bits per heavy atom. The summed E-state index contributed by atoms with van der Waals surface area (Å²) >= 11 is 0. The number of aryl methyl sites for hydroxylation is 1. The van der Waals surface area contributed by atoms with Gasteiger partial charge in [0.25, 0.3) is 15.9 Å². The molecule has 1 aromatic heterocycles. The number of rotatable bonds is 4. The Balaban J connectivity index is 1.86. The van der Waals surface area contributed by atoms with Crippen LogP contribution in [0.15, 0.2) is 53.4 Å². The molecule has 1 heterocycles. The van der Waals surface area contributed by atoms with Crippen molar-refractivity contribution in [2.45, 2.75) is 11.8 Å². The van der Waals surface area contributed by atoms with Crippen molar-refractivity contribution < 1.29 is 22.0 Å². The number of carbonyl (C=O) groups excluding carboxylic acids is 1. The van der Waals surface area contributed by atoms with Crippen LogP contribution in [-0.2, 0) is 10.0 Å². The maximum absolute atomic E-state index is 13.8. The van der Waals surface area contributed by atoms with Gasteiger partial charge >= 0.3 is 0 Å². The molecule has 0 aliphatic rings. The quantitative estimate of drug-likeness (QED) is 0.731. The normalized spacial score (nSPS) is 11.3. The van der Waals surface area contributed by atoms with Gasteiger partial charge in [-0.1, -0.05) is 30.3 Å². The summed E-state index contributed by atoms with van der Waals surface area (Å²) in [6.45, 7) is 1.29. The van der Waals surface area contributed by atoms with Crippen LogP contribution in [0.4, 0.5) is 8.78 Å². The van der Waals surface area contributed by atoms with Crippen LogP contribution < -0.4 is 4.72 Å². The Morgan fingerprint density at radius 2 is 1.77 bits per heavy atom. The highest BCUT2D eigenvalue weighted by molar-refractivity contribution is 7.90. The Bertz CT molecular complexity index is 1080. The molecular weight excluding hydrogens is 364 g/mol. The fourth-order valence-electron chi connectivity index (χ4n) is 2.26. The first-order valence-corrected chi connectivity index (χ1v) is 8.90. The highest BCUT2D eigenvalue weighted by atomic mass is 32.2. The standard InChI is InChI=1S/C17H13F2N3O3S/c1-10-7-16(13(19)8-12(10)18)26(24,25)22-17(23)15-9-14(20-21-15)11-5-3-2-4-6-11/h2-9H,1H3,(H,20,21)(H,22,23). The van der Waals surface area contributed by atoms with Crippen LogP contribution in [0, 0.1) is 18.6 Å². The lowest BCUT2D eigenvalue weighted by atomic mass is 10.1. The molecule has 0 radical (unpaired) electrons. The number of H-pyrrole nitrogens is 1. The summed E-state index contributed by atoms with van der Waals surface area (Å²) in [6.07, 6.45) is 0. The molecule has 3 aromatic rings. The van der Waals surface area contributed by atoms with Crippen molar-refractivity contribution in [3.8, 4) is 11.3 Å². The van der Waals surface area contributed by atoms with Gasteiger partial charge in [-0.15, -0.1) is 0 Å². The molecular formula is C17H13F2N3O3S. The first-order valence-electron chi connectivity index (χ1n) is 7.41. The minimum absolute atomic E-state index is 0.0628. The monoisotopic (exact) mass is 377 g/mol. The first-order chi connectivity index (χ1) is 12.3. The number of nitrogens with one attached hydrogen (secondary N) is 2. The van der Waals surface area contributed by atoms with Crippen molar-refractivity contribution in [3.05, 3.63) is 71.4 Å². The van der Waals surface area contributed by atoms with Crippen LogP contribution in [0.1, 0.15) is 16.1 Å². The molecule has 0 saturated heterocycles. The summed E-state index contributed by atoms with van der Waals surface area (Å²) in [5.41, 5.74) is 0.988. The lowest BCUT2D eigenvalue weighted by Crippen LogP contribution is -2.31. The van der Waals surface area contributed by atoms with Crippen LogP contribution in [0.3, 0.4) is 0 Å². The molecule has 0 atom stereocenters. The zero-order valence-electron chi connectivity index (χ0n) is 13.5. The average molecular weight is 377 g/mol. The number of nitrogens with zero attached hydrogens (tertiary/aromatic N) is 1. The highest BCUT2D eigenvalue weighted by Gasteiger charge is 2.24. The Morgan fingerprint density at radius 1 is 1.08 bits per heavy atom. The molecule has 2 N–H and O–H groups in total. The van der Waals surface area contributed by atoms with Crippen molar-refractivity contribution >= 4 is 15.9 Å². The molecule has 26 heavy (non-hydrogen) atoms. The van der Waals surface area contributed by atoms with Crippen molar-refractivity contribution in [2.24, 2.45) is 0 Å². The number of amides is 1. The zero-order valence-corrected chi connectivity index (χ0v) is 14.3. The third kappa shape index (κ3) is 3.47. The molecule has 2 aromatic carbocycles. The largest absolute Gasteiger partial charge is 0.283 e.